The molecule has 0 unspecified atom stereocenters. The van der Waals surface area contributed by atoms with Gasteiger partial charge in [0.1, 0.15) is 0 Å². The van der Waals surface area contributed by atoms with Gasteiger partial charge in [0.2, 0.25) is 15.9 Å². The molecule has 0 radical (unpaired) electrons. The van der Waals surface area contributed by atoms with Crippen LogP contribution >= 0.6 is 0 Å². The predicted molar refractivity (Wildman–Crippen MR) is 80.5 cm³/mol. The third-order valence-corrected chi connectivity index (χ3v) is 6.02. The first-order valence-corrected chi connectivity index (χ1v) is 9.43. The number of esters is 1. The smallest absolute Gasteiger partial charge is 0.314 e. The number of fused-ring (bicyclic) bond motifs is 1. The summed E-state index contributed by atoms with van der Waals surface area (Å²) in [6.45, 7) is 4.91. The Kier molecular flexibility index (Phi) is 4.81. The molecule has 2 fully saturated rings. The number of hydrogen-bond donors (Lipinski definition) is 0. The van der Waals surface area contributed by atoms with Gasteiger partial charge < -0.3 is 9.64 Å². The summed E-state index contributed by atoms with van der Waals surface area (Å²) in [6, 6.07) is 0. The van der Waals surface area contributed by atoms with Crippen LogP contribution in [0.3, 0.4) is 0 Å². The lowest BCUT2D eigenvalue weighted by atomic mass is 9.75. The summed E-state index contributed by atoms with van der Waals surface area (Å²) in [5, 5.41) is 0. The third-order valence-electron chi connectivity index (χ3n) is 4.75. The van der Waals surface area contributed by atoms with Crippen LogP contribution in [-0.2, 0) is 24.3 Å². The predicted octanol–water partition coefficient (Wildman–Crippen LogP) is 0.0696. The maximum atomic E-state index is 12.6. The Morgan fingerprint density at radius 3 is 2.55 bits per heavy atom. The molecule has 7 nitrogen and oxygen atoms in total. The van der Waals surface area contributed by atoms with E-state index in [1.165, 1.54) is 17.5 Å². The van der Waals surface area contributed by atoms with Gasteiger partial charge in [-0.3, -0.25) is 9.59 Å². The molecule has 2 heterocycles. The average molecular weight is 332 g/mol. The molecule has 0 aliphatic carbocycles. The fraction of sp³-hybridized carbons (Fsp3) is 0.857. The molecule has 0 aromatic rings. The lowest BCUT2D eigenvalue weighted by Gasteiger charge is -2.30. The maximum absolute atomic E-state index is 12.6. The lowest BCUT2D eigenvalue weighted by molar-refractivity contribution is -0.157. The molecule has 0 N–H and O–H groups in total. The molecule has 0 bridgehead atoms. The standard InChI is InChI=1S/C14H24N2O5S/c1-4-21-13(18)14-6-5-7-16(22(3,19)20)9-12(14)8-15(10-14)11(2)17/h12H,4-10H2,1-3H3/t12-,14+/m0/s1. The van der Waals surface area contributed by atoms with E-state index >= 15 is 0 Å². The van der Waals surface area contributed by atoms with Gasteiger partial charge in [0.05, 0.1) is 18.3 Å². The minimum absolute atomic E-state index is 0.0948. The maximum Gasteiger partial charge on any atom is 0.314 e. The van der Waals surface area contributed by atoms with E-state index < -0.39 is 15.4 Å². The molecule has 2 rings (SSSR count). The molecule has 0 aromatic carbocycles. The van der Waals surface area contributed by atoms with E-state index in [0.717, 1.165) is 0 Å². The summed E-state index contributed by atoms with van der Waals surface area (Å²) in [4.78, 5) is 25.9. The van der Waals surface area contributed by atoms with Crippen LogP contribution in [0.1, 0.15) is 26.7 Å². The highest BCUT2D eigenvalue weighted by Gasteiger charge is 2.55. The van der Waals surface area contributed by atoms with Gasteiger partial charge in [-0.15, -0.1) is 0 Å². The van der Waals surface area contributed by atoms with Gasteiger partial charge in [0, 0.05) is 39.0 Å². The summed E-state index contributed by atoms with van der Waals surface area (Å²) in [7, 11) is -3.31. The normalized spacial score (nSPS) is 29.8. The summed E-state index contributed by atoms with van der Waals surface area (Å²) in [5.41, 5.74) is -0.777. The van der Waals surface area contributed by atoms with E-state index in [4.69, 9.17) is 4.74 Å². The lowest BCUT2D eigenvalue weighted by Crippen LogP contribution is -2.43. The van der Waals surface area contributed by atoms with Crippen molar-refractivity contribution < 1.29 is 22.7 Å². The molecule has 1 amide bonds. The Morgan fingerprint density at radius 1 is 1.32 bits per heavy atom. The molecule has 8 heteroatoms. The fourth-order valence-electron chi connectivity index (χ4n) is 3.55. The van der Waals surface area contributed by atoms with E-state index in [9.17, 15) is 18.0 Å². The topological polar surface area (TPSA) is 84.0 Å². The number of ether oxygens (including phenoxy) is 1. The van der Waals surface area contributed by atoms with E-state index in [2.05, 4.69) is 0 Å². The molecular weight excluding hydrogens is 308 g/mol. The van der Waals surface area contributed by atoms with Crippen molar-refractivity contribution in [3.63, 3.8) is 0 Å². The second-order valence-electron chi connectivity index (χ2n) is 6.20. The first-order valence-electron chi connectivity index (χ1n) is 7.58. The van der Waals surface area contributed by atoms with Crippen LogP contribution in [0, 0.1) is 11.3 Å². The Morgan fingerprint density at radius 2 is 2.00 bits per heavy atom. The van der Waals surface area contributed by atoms with Gasteiger partial charge in [-0.05, 0) is 19.8 Å². The van der Waals surface area contributed by atoms with Crippen LogP contribution in [0.5, 0.6) is 0 Å². The second kappa shape index (κ2) is 6.16. The van der Waals surface area contributed by atoms with Crippen LogP contribution in [-0.4, -0.2) is 68.5 Å². The highest BCUT2D eigenvalue weighted by molar-refractivity contribution is 7.88. The Bertz CT molecular complexity index is 562. The van der Waals surface area contributed by atoms with Crippen molar-refractivity contribution >= 4 is 21.9 Å². The number of carbonyl (C=O) groups is 2. The monoisotopic (exact) mass is 332 g/mol. The average Bonchev–Trinajstić information content (AvgIpc) is 2.67. The number of rotatable bonds is 3. The van der Waals surface area contributed by atoms with E-state index in [0.29, 0.717) is 32.5 Å². The van der Waals surface area contributed by atoms with Crippen molar-refractivity contribution in [2.24, 2.45) is 11.3 Å². The summed E-state index contributed by atoms with van der Waals surface area (Å²) < 4.78 is 30.4. The number of sulfonamides is 1. The van der Waals surface area contributed by atoms with Crippen LogP contribution in [0.4, 0.5) is 0 Å². The highest BCUT2D eigenvalue weighted by Crippen LogP contribution is 2.44. The number of likely N-dealkylation sites (tertiary alicyclic amines) is 1. The highest BCUT2D eigenvalue weighted by atomic mass is 32.2. The molecule has 22 heavy (non-hydrogen) atoms. The number of amides is 1. The molecule has 2 saturated heterocycles. The summed E-state index contributed by atoms with van der Waals surface area (Å²) in [6.07, 6.45) is 2.32. The van der Waals surface area contributed by atoms with Gasteiger partial charge in [0.15, 0.2) is 0 Å². The summed E-state index contributed by atoms with van der Waals surface area (Å²) >= 11 is 0. The minimum atomic E-state index is -3.31. The zero-order valence-electron chi connectivity index (χ0n) is 13.4. The van der Waals surface area contributed by atoms with Crippen molar-refractivity contribution in [3.8, 4) is 0 Å². The van der Waals surface area contributed by atoms with E-state index in [1.54, 1.807) is 11.8 Å². The van der Waals surface area contributed by atoms with Crippen molar-refractivity contribution in [1.29, 1.82) is 0 Å². The molecule has 126 valence electrons. The Balaban J connectivity index is 2.34. The van der Waals surface area contributed by atoms with Crippen LogP contribution in [0.2, 0.25) is 0 Å². The quantitative estimate of drug-likeness (QED) is 0.683. The largest absolute Gasteiger partial charge is 0.466 e. The fourth-order valence-corrected chi connectivity index (χ4v) is 4.46. The van der Waals surface area contributed by atoms with Crippen LogP contribution in [0.25, 0.3) is 0 Å². The number of nitrogens with zero attached hydrogens (tertiary/aromatic N) is 2. The first-order chi connectivity index (χ1) is 10.2. The molecule has 0 aromatic heterocycles. The molecule has 0 spiro atoms. The molecule has 2 atom stereocenters. The van der Waals surface area contributed by atoms with Crippen LogP contribution < -0.4 is 0 Å². The summed E-state index contributed by atoms with van der Waals surface area (Å²) in [5.74, 6) is -0.616. The van der Waals surface area contributed by atoms with Crippen molar-refractivity contribution in [2.75, 3.05) is 39.0 Å². The molecule has 0 saturated carbocycles. The minimum Gasteiger partial charge on any atom is -0.466 e. The Labute approximate surface area is 131 Å². The molecular formula is C14H24N2O5S. The third kappa shape index (κ3) is 3.12. The van der Waals surface area contributed by atoms with Gasteiger partial charge in [-0.25, -0.2) is 12.7 Å². The van der Waals surface area contributed by atoms with Crippen LogP contribution in [0.15, 0.2) is 0 Å². The van der Waals surface area contributed by atoms with E-state index in [1.807, 2.05) is 0 Å². The first kappa shape index (κ1) is 17.2. The van der Waals surface area contributed by atoms with Crippen molar-refractivity contribution in [1.82, 2.24) is 9.21 Å². The van der Waals surface area contributed by atoms with Gasteiger partial charge >= 0.3 is 5.97 Å². The Hall–Kier alpha value is -1.15. The van der Waals surface area contributed by atoms with E-state index in [-0.39, 0.29) is 30.9 Å². The zero-order chi connectivity index (χ0) is 16.5. The number of carbonyl (C=O) groups excluding carboxylic acids is 2. The molecule has 2 aliphatic rings. The number of hydrogen-bond acceptors (Lipinski definition) is 5. The SMILES string of the molecule is CCOC(=O)[C@@]12CCCN(S(C)(=O)=O)C[C@@H]1CN(C(C)=O)C2. The van der Waals surface area contributed by atoms with Gasteiger partial charge in [-0.1, -0.05) is 0 Å². The second-order valence-corrected chi connectivity index (χ2v) is 8.18. The van der Waals surface area contributed by atoms with Crippen molar-refractivity contribution in [2.45, 2.75) is 26.7 Å². The van der Waals surface area contributed by atoms with Gasteiger partial charge in [-0.2, -0.15) is 0 Å². The van der Waals surface area contributed by atoms with Gasteiger partial charge in [0.25, 0.3) is 0 Å². The molecule has 2 aliphatic heterocycles. The zero-order valence-corrected chi connectivity index (χ0v) is 14.2. The van der Waals surface area contributed by atoms with Crippen molar-refractivity contribution in [3.05, 3.63) is 0 Å².